The number of hydrazine groups is 1. The number of nitrogens with one attached hydrogen (secondary N) is 2. The van der Waals surface area contributed by atoms with Crippen LogP contribution in [0, 0.1) is 13.8 Å². The summed E-state index contributed by atoms with van der Waals surface area (Å²) in [5.74, 6) is -0.0971. The number of amides is 2. The lowest BCUT2D eigenvalue weighted by Crippen LogP contribution is -2.53. The Hall–Kier alpha value is -3.80. The number of ether oxygens (including phenoxy) is 1. The molecule has 2 N–H and O–H groups in total. The van der Waals surface area contributed by atoms with Crippen LogP contribution >= 0.6 is 0 Å². The van der Waals surface area contributed by atoms with Gasteiger partial charge in [0.1, 0.15) is 11.9 Å². The molecule has 0 bridgehead atoms. The molecular formula is C24H23N3O3. The van der Waals surface area contributed by atoms with E-state index in [1.165, 1.54) is 5.01 Å². The Morgan fingerprint density at radius 2 is 1.60 bits per heavy atom. The molecule has 2 amide bonds. The van der Waals surface area contributed by atoms with Crippen LogP contribution in [0.1, 0.15) is 33.2 Å². The molecule has 1 heterocycles. The molecule has 0 fully saturated rings. The third kappa shape index (κ3) is 4.12. The quantitative estimate of drug-likeness (QED) is 0.678. The van der Waals surface area contributed by atoms with Crippen LogP contribution in [0.4, 0.5) is 5.69 Å². The predicted octanol–water partition coefficient (Wildman–Crippen LogP) is 3.98. The summed E-state index contributed by atoms with van der Waals surface area (Å²) < 4.78 is 5.56. The molecule has 0 aromatic heterocycles. The van der Waals surface area contributed by atoms with Crippen molar-refractivity contribution in [2.45, 2.75) is 20.0 Å². The number of hydrogen-bond donors (Lipinski definition) is 2. The molecule has 0 spiro atoms. The van der Waals surface area contributed by atoms with Gasteiger partial charge in [-0.2, -0.15) is 0 Å². The third-order valence-corrected chi connectivity index (χ3v) is 4.96. The monoisotopic (exact) mass is 401 g/mol. The maximum absolute atomic E-state index is 13.1. The summed E-state index contributed by atoms with van der Waals surface area (Å²) in [7, 11) is 0. The number of hydrogen-bond acceptors (Lipinski definition) is 4. The van der Waals surface area contributed by atoms with Gasteiger partial charge in [-0.25, -0.2) is 5.01 Å². The van der Waals surface area contributed by atoms with Crippen LogP contribution in [0.5, 0.6) is 5.75 Å². The molecule has 0 saturated carbocycles. The second-order valence-electron chi connectivity index (χ2n) is 7.32. The highest BCUT2D eigenvalue weighted by atomic mass is 16.5. The molecule has 30 heavy (non-hydrogen) atoms. The molecule has 0 aliphatic carbocycles. The molecule has 6 nitrogen and oxygen atoms in total. The van der Waals surface area contributed by atoms with Crippen LogP contribution in [-0.2, 0) is 4.79 Å². The van der Waals surface area contributed by atoms with Crippen molar-refractivity contribution >= 4 is 17.5 Å². The normalized spacial score (nSPS) is 15.2. The minimum Gasteiger partial charge on any atom is -0.484 e. The van der Waals surface area contributed by atoms with Gasteiger partial charge >= 0.3 is 0 Å². The van der Waals surface area contributed by atoms with Crippen molar-refractivity contribution in [2.75, 3.05) is 11.9 Å². The van der Waals surface area contributed by atoms with Crippen molar-refractivity contribution in [3.05, 3.63) is 95.1 Å². The molecule has 1 atom stereocenters. The molecule has 1 aliphatic rings. The molecule has 6 heteroatoms. The number of anilines is 1. The van der Waals surface area contributed by atoms with Crippen molar-refractivity contribution in [3.8, 4) is 5.75 Å². The fraction of sp³-hybridized carbons (Fsp3) is 0.167. The van der Waals surface area contributed by atoms with E-state index in [-0.39, 0.29) is 12.5 Å². The highest BCUT2D eigenvalue weighted by Gasteiger charge is 2.34. The standard InChI is InChI=1S/C24H23N3O3/c1-16-7-11-18(12-8-16)23-25-21-6-4-3-5-20(21)24(29)27(23)26-22(28)15-30-19-13-9-17(2)10-14-19/h3-14,23,25H,15H2,1-2H3,(H,26,28). The van der Waals surface area contributed by atoms with Crippen LogP contribution in [0.25, 0.3) is 0 Å². The van der Waals surface area contributed by atoms with E-state index < -0.39 is 12.1 Å². The van der Waals surface area contributed by atoms with E-state index in [0.29, 0.717) is 11.3 Å². The van der Waals surface area contributed by atoms with Crippen molar-refractivity contribution in [1.82, 2.24) is 10.4 Å². The van der Waals surface area contributed by atoms with E-state index in [9.17, 15) is 9.59 Å². The number of benzene rings is 3. The summed E-state index contributed by atoms with van der Waals surface area (Å²) in [6.07, 6.45) is -0.531. The maximum atomic E-state index is 13.1. The Kier molecular flexibility index (Phi) is 5.39. The zero-order chi connectivity index (χ0) is 21.1. The van der Waals surface area contributed by atoms with Gasteiger partial charge in [0.05, 0.1) is 5.56 Å². The first-order chi connectivity index (χ1) is 14.5. The average Bonchev–Trinajstić information content (AvgIpc) is 2.76. The summed E-state index contributed by atoms with van der Waals surface area (Å²) in [4.78, 5) is 25.7. The second kappa shape index (κ2) is 8.29. The predicted molar refractivity (Wildman–Crippen MR) is 115 cm³/mol. The van der Waals surface area contributed by atoms with E-state index >= 15 is 0 Å². The van der Waals surface area contributed by atoms with Gasteiger partial charge < -0.3 is 10.1 Å². The Labute approximate surface area is 175 Å². The summed E-state index contributed by atoms with van der Waals surface area (Å²) in [6, 6.07) is 22.5. The highest BCUT2D eigenvalue weighted by molar-refractivity contribution is 6.02. The average molecular weight is 401 g/mol. The highest BCUT2D eigenvalue weighted by Crippen LogP contribution is 2.31. The zero-order valence-corrected chi connectivity index (χ0v) is 16.9. The van der Waals surface area contributed by atoms with Crippen LogP contribution < -0.4 is 15.5 Å². The third-order valence-electron chi connectivity index (χ3n) is 4.96. The minimum atomic E-state index is -0.531. The number of fused-ring (bicyclic) bond motifs is 1. The van der Waals surface area contributed by atoms with Crippen molar-refractivity contribution < 1.29 is 14.3 Å². The molecule has 0 radical (unpaired) electrons. The van der Waals surface area contributed by atoms with E-state index in [1.54, 1.807) is 12.1 Å². The number of carbonyl (C=O) groups excluding carboxylic acids is 2. The van der Waals surface area contributed by atoms with Gasteiger partial charge in [0, 0.05) is 5.69 Å². The fourth-order valence-electron chi connectivity index (χ4n) is 3.30. The van der Waals surface area contributed by atoms with Crippen molar-refractivity contribution in [3.63, 3.8) is 0 Å². The van der Waals surface area contributed by atoms with E-state index in [4.69, 9.17) is 4.74 Å². The minimum absolute atomic E-state index is 0.199. The first-order valence-corrected chi connectivity index (χ1v) is 9.76. The molecule has 152 valence electrons. The van der Waals surface area contributed by atoms with Gasteiger partial charge in [-0.15, -0.1) is 0 Å². The molecule has 0 saturated heterocycles. The smallest absolute Gasteiger partial charge is 0.276 e. The molecule has 3 aromatic rings. The van der Waals surface area contributed by atoms with Gasteiger partial charge in [-0.3, -0.25) is 15.0 Å². The SMILES string of the molecule is Cc1ccc(OCC(=O)NN2C(=O)c3ccccc3NC2c2ccc(C)cc2)cc1. The van der Waals surface area contributed by atoms with E-state index in [1.807, 2.05) is 74.5 Å². The Balaban J connectivity index is 1.54. The van der Waals surface area contributed by atoms with Gasteiger partial charge in [0.2, 0.25) is 0 Å². The number of nitrogens with zero attached hydrogens (tertiary/aromatic N) is 1. The van der Waals surface area contributed by atoms with E-state index in [0.717, 1.165) is 22.4 Å². The molecular weight excluding hydrogens is 378 g/mol. The summed E-state index contributed by atoms with van der Waals surface area (Å²) in [6.45, 7) is 3.78. The Morgan fingerprint density at radius 3 is 2.30 bits per heavy atom. The maximum Gasteiger partial charge on any atom is 0.276 e. The summed E-state index contributed by atoms with van der Waals surface area (Å²) in [5.41, 5.74) is 7.03. The Bertz CT molecular complexity index is 1060. The van der Waals surface area contributed by atoms with Gasteiger partial charge in [-0.1, -0.05) is 59.7 Å². The lowest BCUT2D eigenvalue weighted by Gasteiger charge is -2.37. The van der Waals surface area contributed by atoms with E-state index in [2.05, 4.69) is 10.7 Å². The summed E-state index contributed by atoms with van der Waals surface area (Å²) >= 11 is 0. The number of para-hydroxylation sites is 1. The zero-order valence-electron chi connectivity index (χ0n) is 16.9. The first kappa shape index (κ1) is 19.5. The van der Waals surface area contributed by atoms with Crippen LogP contribution in [0.3, 0.4) is 0 Å². The number of rotatable bonds is 5. The first-order valence-electron chi connectivity index (χ1n) is 9.76. The van der Waals surface area contributed by atoms with Crippen molar-refractivity contribution in [2.24, 2.45) is 0 Å². The van der Waals surface area contributed by atoms with Crippen LogP contribution in [0.2, 0.25) is 0 Å². The lowest BCUT2D eigenvalue weighted by molar-refractivity contribution is -0.127. The number of carbonyl (C=O) groups is 2. The summed E-state index contributed by atoms with van der Waals surface area (Å²) in [5, 5.41) is 4.68. The lowest BCUT2D eigenvalue weighted by atomic mass is 10.0. The largest absolute Gasteiger partial charge is 0.484 e. The molecule has 4 rings (SSSR count). The second-order valence-corrected chi connectivity index (χ2v) is 7.32. The molecule has 1 unspecified atom stereocenters. The van der Waals surface area contributed by atoms with Crippen LogP contribution in [0.15, 0.2) is 72.8 Å². The topological polar surface area (TPSA) is 70.7 Å². The van der Waals surface area contributed by atoms with Gasteiger partial charge in [-0.05, 0) is 43.7 Å². The van der Waals surface area contributed by atoms with Gasteiger partial charge in [0.15, 0.2) is 6.61 Å². The van der Waals surface area contributed by atoms with Crippen LogP contribution in [-0.4, -0.2) is 23.4 Å². The molecule has 3 aromatic carbocycles. The van der Waals surface area contributed by atoms with Gasteiger partial charge in [0.25, 0.3) is 11.8 Å². The fourth-order valence-corrected chi connectivity index (χ4v) is 3.30. The van der Waals surface area contributed by atoms with Crippen molar-refractivity contribution in [1.29, 1.82) is 0 Å². The number of aryl methyl sites for hydroxylation is 2. The molecule has 1 aliphatic heterocycles. The Morgan fingerprint density at radius 1 is 0.967 bits per heavy atom.